The molecule has 35 heavy (non-hydrogen) atoms. The van der Waals surface area contributed by atoms with E-state index < -0.39 is 0 Å². The van der Waals surface area contributed by atoms with Crippen LogP contribution in [0, 0.1) is 0 Å². The van der Waals surface area contributed by atoms with E-state index in [0.29, 0.717) is 23.6 Å². The smallest absolute Gasteiger partial charge is 0.251 e. The maximum atomic E-state index is 13.0. The number of para-hydroxylation sites is 1. The fraction of sp³-hybridized carbons (Fsp3) is 0.286. The minimum absolute atomic E-state index is 0.178. The number of fused-ring (bicyclic) bond motifs is 1. The van der Waals surface area contributed by atoms with E-state index in [-0.39, 0.29) is 5.91 Å². The summed E-state index contributed by atoms with van der Waals surface area (Å²) in [5, 5.41) is 2.98. The van der Waals surface area contributed by atoms with Crippen molar-refractivity contribution in [3.8, 4) is 28.6 Å². The summed E-state index contributed by atoms with van der Waals surface area (Å²) >= 11 is 0. The number of carbonyl (C=O) groups is 1. The van der Waals surface area contributed by atoms with E-state index in [0.717, 1.165) is 53.1 Å². The standard InChI is InChI=1S/C28H31N3O4/c1-5-6-15-31-24-14-13-20(17-23(24)30-27(31)19-9-7-11-22(16-19)33-2)28(32)29-18-21-10-8-12-25(34-3)26(21)35-4/h7-14,16-17H,5-6,15,18H2,1-4H3,(H,29,32). The second-order valence-electron chi connectivity index (χ2n) is 8.21. The summed E-state index contributed by atoms with van der Waals surface area (Å²) in [6, 6.07) is 19.2. The van der Waals surface area contributed by atoms with Crippen LogP contribution in [0.4, 0.5) is 0 Å². The van der Waals surface area contributed by atoms with Crippen LogP contribution in [0.1, 0.15) is 35.7 Å². The van der Waals surface area contributed by atoms with Gasteiger partial charge in [-0.25, -0.2) is 4.98 Å². The lowest BCUT2D eigenvalue weighted by Gasteiger charge is -2.13. The Balaban J connectivity index is 1.63. The zero-order valence-electron chi connectivity index (χ0n) is 20.6. The molecule has 4 rings (SSSR count). The molecule has 0 saturated carbocycles. The molecule has 0 aliphatic carbocycles. The van der Waals surface area contributed by atoms with E-state index in [1.807, 2.05) is 60.7 Å². The van der Waals surface area contributed by atoms with Crippen LogP contribution in [0.15, 0.2) is 60.7 Å². The molecule has 0 spiro atoms. The van der Waals surface area contributed by atoms with Crippen LogP contribution >= 0.6 is 0 Å². The molecular formula is C28H31N3O4. The van der Waals surface area contributed by atoms with Crippen molar-refractivity contribution in [2.45, 2.75) is 32.9 Å². The topological polar surface area (TPSA) is 74.6 Å². The number of nitrogens with zero attached hydrogens (tertiary/aromatic N) is 2. The van der Waals surface area contributed by atoms with Gasteiger partial charge in [-0.2, -0.15) is 0 Å². The molecule has 0 unspecified atom stereocenters. The van der Waals surface area contributed by atoms with E-state index in [4.69, 9.17) is 19.2 Å². The number of rotatable bonds is 10. The fourth-order valence-electron chi connectivity index (χ4n) is 4.17. The van der Waals surface area contributed by atoms with Gasteiger partial charge in [0.05, 0.1) is 32.4 Å². The molecule has 0 saturated heterocycles. The Morgan fingerprint density at radius 1 is 0.971 bits per heavy atom. The number of unbranched alkanes of at least 4 members (excludes halogenated alkanes) is 1. The van der Waals surface area contributed by atoms with Gasteiger partial charge < -0.3 is 24.1 Å². The number of carbonyl (C=O) groups excluding carboxylic acids is 1. The van der Waals surface area contributed by atoms with Gasteiger partial charge in [0.25, 0.3) is 5.91 Å². The van der Waals surface area contributed by atoms with Gasteiger partial charge >= 0.3 is 0 Å². The third kappa shape index (κ3) is 5.09. The van der Waals surface area contributed by atoms with Gasteiger partial charge in [-0.15, -0.1) is 0 Å². The van der Waals surface area contributed by atoms with Gasteiger partial charge in [0.2, 0.25) is 0 Å². The molecular weight excluding hydrogens is 442 g/mol. The van der Waals surface area contributed by atoms with Crippen LogP contribution in [-0.4, -0.2) is 36.8 Å². The number of ether oxygens (including phenoxy) is 3. The Bertz CT molecular complexity index is 1330. The Hall–Kier alpha value is -4.00. The third-order valence-electron chi connectivity index (χ3n) is 6.00. The lowest BCUT2D eigenvalue weighted by atomic mass is 10.1. The Kier molecular flexibility index (Phi) is 7.55. The average molecular weight is 474 g/mol. The van der Waals surface area contributed by atoms with Crippen molar-refractivity contribution in [2.75, 3.05) is 21.3 Å². The minimum Gasteiger partial charge on any atom is -0.497 e. The van der Waals surface area contributed by atoms with Crippen LogP contribution in [0.3, 0.4) is 0 Å². The van der Waals surface area contributed by atoms with Crippen molar-refractivity contribution >= 4 is 16.9 Å². The number of amides is 1. The SMILES string of the molecule is CCCCn1c(-c2cccc(OC)c2)nc2cc(C(=O)NCc3cccc(OC)c3OC)ccc21. The number of hydrogen-bond donors (Lipinski definition) is 1. The lowest BCUT2D eigenvalue weighted by molar-refractivity contribution is 0.0950. The highest BCUT2D eigenvalue weighted by molar-refractivity contribution is 5.98. The van der Waals surface area contributed by atoms with Crippen LogP contribution in [0.25, 0.3) is 22.4 Å². The molecule has 1 heterocycles. The zero-order valence-corrected chi connectivity index (χ0v) is 20.6. The van der Waals surface area contributed by atoms with E-state index in [2.05, 4.69) is 16.8 Å². The van der Waals surface area contributed by atoms with Crippen LogP contribution in [-0.2, 0) is 13.1 Å². The molecule has 7 heteroatoms. The van der Waals surface area contributed by atoms with Crippen LogP contribution in [0.2, 0.25) is 0 Å². The molecule has 0 radical (unpaired) electrons. The monoisotopic (exact) mass is 473 g/mol. The van der Waals surface area contributed by atoms with Gasteiger partial charge in [0.1, 0.15) is 11.6 Å². The largest absolute Gasteiger partial charge is 0.497 e. The van der Waals surface area contributed by atoms with Crippen molar-refractivity contribution in [2.24, 2.45) is 0 Å². The van der Waals surface area contributed by atoms with Crippen LogP contribution in [0.5, 0.6) is 17.2 Å². The fourth-order valence-corrected chi connectivity index (χ4v) is 4.17. The molecule has 0 aliphatic heterocycles. The minimum atomic E-state index is -0.178. The summed E-state index contributed by atoms with van der Waals surface area (Å²) in [4.78, 5) is 17.9. The molecule has 0 atom stereocenters. The number of aromatic nitrogens is 2. The highest BCUT2D eigenvalue weighted by Crippen LogP contribution is 2.31. The number of benzene rings is 3. The number of hydrogen-bond acceptors (Lipinski definition) is 5. The predicted octanol–water partition coefficient (Wildman–Crippen LogP) is 5.46. The maximum Gasteiger partial charge on any atom is 0.251 e. The Labute approximate surface area is 205 Å². The summed E-state index contributed by atoms with van der Waals surface area (Å²) in [7, 11) is 4.84. The molecule has 4 aromatic rings. The van der Waals surface area contributed by atoms with Gasteiger partial charge in [-0.05, 0) is 42.8 Å². The van der Waals surface area contributed by atoms with Gasteiger partial charge in [-0.1, -0.05) is 37.6 Å². The maximum absolute atomic E-state index is 13.0. The van der Waals surface area contributed by atoms with Crippen molar-refractivity contribution < 1.29 is 19.0 Å². The summed E-state index contributed by atoms with van der Waals surface area (Å²) < 4.78 is 18.5. The Morgan fingerprint density at radius 3 is 2.54 bits per heavy atom. The molecule has 0 fully saturated rings. The number of aryl methyl sites for hydroxylation is 1. The third-order valence-corrected chi connectivity index (χ3v) is 6.00. The summed E-state index contributed by atoms with van der Waals surface area (Å²) in [6.07, 6.45) is 2.11. The van der Waals surface area contributed by atoms with Crippen molar-refractivity contribution in [1.82, 2.24) is 14.9 Å². The first-order valence-corrected chi connectivity index (χ1v) is 11.7. The Morgan fingerprint density at radius 2 is 1.80 bits per heavy atom. The molecule has 7 nitrogen and oxygen atoms in total. The van der Waals surface area contributed by atoms with E-state index in [1.54, 1.807) is 21.3 Å². The summed E-state index contributed by atoms with van der Waals surface area (Å²) in [6.45, 7) is 3.34. The quantitative estimate of drug-likeness (QED) is 0.331. The number of nitrogens with one attached hydrogen (secondary N) is 1. The number of imidazole rings is 1. The molecule has 3 aromatic carbocycles. The normalized spacial score (nSPS) is 10.9. The second kappa shape index (κ2) is 11.0. The number of methoxy groups -OCH3 is 3. The van der Waals surface area contributed by atoms with E-state index in [1.165, 1.54) is 0 Å². The predicted molar refractivity (Wildman–Crippen MR) is 137 cm³/mol. The highest BCUT2D eigenvalue weighted by Gasteiger charge is 2.16. The molecule has 1 amide bonds. The second-order valence-corrected chi connectivity index (χ2v) is 8.21. The summed E-state index contributed by atoms with van der Waals surface area (Å²) in [5.41, 5.74) is 4.16. The lowest BCUT2D eigenvalue weighted by Crippen LogP contribution is -2.23. The first-order chi connectivity index (χ1) is 17.1. The first-order valence-electron chi connectivity index (χ1n) is 11.7. The zero-order chi connectivity index (χ0) is 24.8. The van der Waals surface area contributed by atoms with Gasteiger partial charge in [0, 0.05) is 29.8 Å². The highest BCUT2D eigenvalue weighted by atomic mass is 16.5. The van der Waals surface area contributed by atoms with Crippen LogP contribution < -0.4 is 19.5 Å². The van der Waals surface area contributed by atoms with Gasteiger partial charge in [0.15, 0.2) is 11.5 Å². The van der Waals surface area contributed by atoms with Gasteiger partial charge in [-0.3, -0.25) is 4.79 Å². The molecule has 1 aromatic heterocycles. The van der Waals surface area contributed by atoms with E-state index in [9.17, 15) is 4.79 Å². The van der Waals surface area contributed by atoms with Crippen molar-refractivity contribution in [3.05, 3.63) is 71.8 Å². The summed E-state index contributed by atoms with van der Waals surface area (Å²) in [5.74, 6) is 2.71. The average Bonchev–Trinajstić information content (AvgIpc) is 3.27. The van der Waals surface area contributed by atoms with Crippen molar-refractivity contribution in [3.63, 3.8) is 0 Å². The molecule has 0 aliphatic rings. The first kappa shape index (κ1) is 24.1. The molecule has 0 bridgehead atoms. The van der Waals surface area contributed by atoms with Crippen molar-refractivity contribution in [1.29, 1.82) is 0 Å². The molecule has 182 valence electrons. The van der Waals surface area contributed by atoms with E-state index >= 15 is 0 Å². The molecule has 1 N–H and O–H groups in total.